The molecule has 0 saturated carbocycles. The highest BCUT2D eigenvalue weighted by Crippen LogP contribution is 2.27. The average Bonchev–Trinajstić information content (AvgIpc) is 3.29. The normalized spacial score (nSPS) is 23.2. The predicted molar refractivity (Wildman–Crippen MR) is 119 cm³/mol. The molecular weight excluding hydrogens is 397 g/mol. The van der Waals surface area contributed by atoms with Gasteiger partial charge in [-0.15, -0.1) is 0 Å². The van der Waals surface area contributed by atoms with Crippen molar-refractivity contribution in [2.24, 2.45) is 9.98 Å². The summed E-state index contributed by atoms with van der Waals surface area (Å²) in [5.41, 5.74) is 3.78. The lowest BCUT2D eigenvalue weighted by Crippen LogP contribution is -2.50. The number of hydrogen-bond acceptors (Lipinski definition) is 6. The van der Waals surface area contributed by atoms with Crippen molar-refractivity contribution in [2.45, 2.75) is 32.9 Å². The summed E-state index contributed by atoms with van der Waals surface area (Å²) in [7, 11) is 0. The summed E-state index contributed by atoms with van der Waals surface area (Å²) in [5.74, 6) is -0.312. The third-order valence-electron chi connectivity index (χ3n) is 5.78. The highest BCUT2D eigenvalue weighted by Gasteiger charge is 2.28. The topological polar surface area (TPSA) is 86.4 Å². The van der Waals surface area contributed by atoms with E-state index in [0.29, 0.717) is 23.3 Å². The van der Waals surface area contributed by atoms with E-state index in [9.17, 15) is 9.18 Å². The molecule has 2 unspecified atom stereocenters. The average molecular weight is 421 g/mol. The smallest absolute Gasteiger partial charge is 0.274 e. The van der Waals surface area contributed by atoms with Gasteiger partial charge in [0.25, 0.3) is 5.91 Å². The molecule has 1 aliphatic carbocycles. The van der Waals surface area contributed by atoms with Crippen LogP contribution in [0.5, 0.6) is 0 Å². The number of fused-ring (bicyclic) bond motifs is 2. The number of carbonyl (C=O) groups is 1. The largest absolute Gasteiger partial charge is 0.365 e. The number of nitrogens with zero attached hydrogens (tertiary/aromatic N) is 5. The zero-order valence-corrected chi connectivity index (χ0v) is 17.7. The van der Waals surface area contributed by atoms with E-state index in [4.69, 9.17) is 0 Å². The molecule has 2 aromatic heterocycles. The molecule has 31 heavy (non-hydrogen) atoms. The van der Waals surface area contributed by atoms with Crippen molar-refractivity contribution in [1.82, 2.24) is 20.2 Å². The number of amidine groups is 1. The molecule has 4 heterocycles. The van der Waals surface area contributed by atoms with Gasteiger partial charge in [0.15, 0.2) is 0 Å². The van der Waals surface area contributed by atoms with Crippen LogP contribution in [0.1, 0.15) is 30.0 Å². The van der Waals surface area contributed by atoms with E-state index in [1.807, 2.05) is 19.1 Å². The fourth-order valence-electron chi connectivity index (χ4n) is 4.34. The molecule has 1 fully saturated rings. The van der Waals surface area contributed by atoms with E-state index in [0.717, 1.165) is 36.5 Å². The summed E-state index contributed by atoms with van der Waals surface area (Å²) in [6.45, 7) is 8.50. The minimum Gasteiger partial charge on any atom is -0.365 e. The van der Waals surface area contributed by atoms with Crippen LogP contribution in [0, 0.1) is 6.92 Å². The van der Waals surface area contributed by atoms with Crippen molar-refractivity contribution in [3.05, 3.63) is 53.3 Å². The number of amides is 1. The van der Waals surface area contributed by atoms with Gasteiger partial charge in [0.2, 0.25) is 0 Å². The maximum atomic E-state index is 14.4. The molecule has 1 saturated heterocycles. The number of pyridine rings is 1. The maximum Gasteiger partial charge on any atom is 0.274 e. The minimum absolute atomic E-state index is 0.287. The molecule has 160 valence electrons. The van der Waals surface area contributed by atoms with Gasteiger partial charge >= 0.3 is 0 Å². The number of nitrogens with one attached hydrogen (secondary N) is 2. The van der Waals surface area contributed by atoms with Gasteiger partial charge in [-0.1, -0.05) is 0 Å². The Kier molecular flexibility index (Phi) is 4.70. The molecule has 2 aliphatic heterocycles. The van der Waals surface area contributed by atoms with Crippen LogP contribution in [-0.4, -0.2) is 58.8 Å². The lowest BCUT2D eigenvalue weighted by atomic mass is 10.0. The van der Waals surface area contributed by atoms with Crippen molar-refractivity contribution < 1.29 is 9.18 Å². The Balaban J connectivity index is 1.47. The number of hydrogen-bond donors (Lipinski definition) is 2. The standard InChI is InChI=1S/C22H24FN7O/c1-12-8-20-18(29-7-6-24-11-13(29)2)4-5-19(30(20)28-12)22(31)27-15-9-16(23)21-17(10-15)25-14(3)26-21/h4-5,8-10,13,17,24H,6-7,11H2,1-3H3,(H,27,31). The SMILES string of the molecule is CC1=NC2C=C(NC(=O)c3ccc(N4CCNCC4C)c4cc(C)nn34)C=C(F)C2=N1. The Morgan fingerprint density at radius 3 is 2.97 bits per heavy atom. The predicted octanol–water partition coefficient (Wildman–Crippen LogP) is 2.16. The second-order valence-corrected chi connectivity index (χ2v) is 8.12. The highest BCUT2D eigenvalue weighted by molar-refractivity contribution is 6.14. The highest BCUT2D eigenvalue weighted by atomic mass is 19.1. The Morgan fingerprint density at radius 2 is 2.16 bits per heavy atom. The number of carbonyl (C=O) groups excluding carboxylic acids is 1. The van der Waals surface area contributed by atoms with Crippen LogP contribution >= 0.6 is 0 Å². The summed E-state index contributed by atoms with van der Waals surface area (Å²) in [5, 5.41) is 10.7. The number of piperazine rings is 1. The number of aromatic nitrogens is 2. The van der Waals surface area contributed by atoms with Crippen LogP contribution in [0.3, 0.4) is 0 Å². The van der Waals surface area contributed by atoms with Gasteiger partial charge in [-0.2, -0.15) is 5.10 Å². The molecule has 0 spiro atoms. The third kappa shape index (κ3) is 3.44. The van der Waals surface area contributed by atoms with Gasteiger partial charge in [-0.05, 0) is 51.1 Å². The van der Waals surface area contributed by atoms with Gasteiger partial charge in [-0.25, -0.2) is 13.9 Å². The first kappa shape index (κ1) is 19.6. The summed E-state index contributed by atoms with van der Waals surface area (Å²) in [6, 6.07) is 5.56. The first-order chi connectivity index (χ1) is 14.9. The van der Waals surface area contributed by atoms with Crippen molar-refractivity contribution in [1.29, 1.82) is 0 Å². The van der Waals surface area contributed by atoms with E-state index < -0.39 is 11.9 Å². The van der Waals surface area contributed by atoms with Crippen LogP contribution in [0.4, 0.5) is 10.1 Å². The van der Waals surface area contributed by atoms with Crippen LogP contribution in [0.15, 0.2) is 51.9 Å². The molecule has 2 N–H and O–H groups in total. The summed E-state index contributed by atoms with van der Waals surface area (Å²) < 4.78 is 16.1. The first-order valence-corrected chi connectivity index (χ1v) is 10.4. The van der Waals surface area contributed by atoms with Crippen molar-refractivity contribution >= 4 is 28.7 Å². The van der Waals surface area contributed by atoms with Gasteiger partial charge in [0.1, 0.15) is 29.1 Å². The second-order valence-electron chi connectivity index (χ2n) is 8.12. The lowest BCUT2D eigenvalue weighted by molar-refractivity contribution is 0.0959. The van der Waals surface area contributed by atoms with E-state index in [1.165, 1.54) is 6.08 Å². The molecule has 0 radical (unpaired) electrons. The Labute approximate surface area is 179 Å². The van der Waals surface area contributed by atoms with E-state index in [2.05, 4.69) is 37.5 Å². The number of halogens is 1. The Hall–Kier alpha value is -3.33. The molecule has 0 bridgehead atoms. The van der Waals surface area contributed by atoms with Crippen LogP contribution < -0.4 is 15.5 Å². The van der Waals surface area contributed by atoms with Crippen LogP contribution in [0.25, 0.3) is 5.52 Å². The fraction of sp³-hybridized carbons (Fsp3) is 0.364. The van der Waals surface area contributed by atoms with Gasteiger partial charge < -0.3 is 15.5 Å². The monoisotopic (exact) mass is 421 g/mol. The summed E-state index contributed by atoms with van der Waals surface area (Å²) >= 11 is 0. The van der Waals surface area contributed by atoms with Gasteiger partial charge in [0, 0.05) is 31.4 Å². The number of rotatable bonds is 3. The summed E-state index contributed by atoms with van der Waals surface area (Å²) in [6.07, 6.45) is 2.99. The molecule has 3 aliphatic rings. The quantitative estimate of drug-likeness (QED) is 0.795. The van der Waals surface area contributed by atoms with E-state index in [-0.39, 0.29) is 11.6 Å². The Morgan fingerprint density at radius 1 is 1.32 bits per heavy atom. The van der Waals surface area contributed by atoms with Gasteiger partial charge in [-0.3, -0.25) is 9.79 Å². The van der Waals surface area contributed by atoms with E-state index in [1.54, 1.807) is 23.6 Å². The fourth-order valence-corrected chi connectivity index (χ4v) is 4.34. The van der Waals surface area contributed by atoms with Crippen molar-refractivity contribution in [2.75, 3.05) is 24.5 Å². The molecule has 5 rings (SSSR count). The number of aliphatic imine (C=N–C) groups is 2. The number of allylic oxidation sites excluding steroid dienone is 1. The molecule has 2 atom stereocenters. The molecule has 2 aromatic rings. The van der Waals surface area contributed by atoms with Crippen molar-refractivity contribution in [3.63, 3.8) is 0 Å². The zero-order valence-electron chi connectivity index (χ0n) is 17.7. The Bertz CT molecular complexity index is 1210. The maximum absolute atomic E-state index is 14.4. The first-order valence-electron chi connectivity index (χ1n) is 10.4. The minimum atomic E-state index is -0.496. The molecule has 8 nitrogen and oxygen atoms in total. The van der Waals surface area contributed by atoms with Gasteiger partial charge in [0.05, 0.1) is 16.9 Å². The summed E-state index contributed by atoms with van der Waals surface area (Å²) in [4.78, 5) is 23.8. The molecule has 1 amide bonds. The molecule has 0 aromatic carbocycles. The third-order valence-corrected chi connectivity index (χ3v) is 5.78. The number of aryl methyl sites for hydroxylation is 1. The zero-order chi connectivity index (χ0) is 21.7. The number of anilines is 1. The van der Waals surface area contributed by atoms with Crippen LogP contribution in [-0.2, 0) is 0 Å². The van der Waals surface area contributed by atoms with E-state index >= 15 is 0 Å². The molecule has 9 heteroatoms. The van der Waals surface area contributed by atoms with Crippen molar-refractivity contribution in [3.8, 4) is 0 Å². The van der Waals surface area contributed by atoms with Crippen LogP contribution in [0.2, 0.25) is 0 Å². The molecular formula is C22H24FN7O. The second kappa shape index (κ2) is 7.42. The lowest BCUT2D eigenvalue weighted by Gasteiger charge is -2.36.